The fourth-order valence-electron chi connectivity index (χ4n) is 7.15. The monoisotopic (exact) mass is 863 g/mol. The van der Waals surface area contributed by atoms with E-state index in [1.165, 1.54) is 0 Å². The molecule has 0 spiro atoms. The number of hydrogen-bond acceptors (Lipinski definition) is 12. The van der Waals surface area contributed by atoms with E-state index in [0.29, 0.717) is 40.0 Å². The fourth-order valence-corrected chi connectivity index (χ4v) is 7.15. The Morgan fingerprint density at radius 1 is 0.424 bits per heavy atom. The Kier molecular flexibility index (Phi) is 11.3. The molecular weight excluding hydrogens is 827 g/mol. The summed E-state index contributed by atoms with van der Waals surface area (Å²) in [6.45, 7) is 0. The van der Waals surface area contributed by atoms with Gasteiger partial charge in [0.05, 0.1) is 34.8 Å². The minimum Gasteiger partial charge on any atom is -0.456 e. The molecule has 6 heterocycles. The number of amides is 2. The minimum atomic E-state index is -0.285. The number of rotatable bonds is 13. The highest BCUT2D eigenvalue weighted by Gasteiger charge is 2.12. The molecule has 10 aromatic rings. The molecule has 0 fully saturated rings. The maximum absolute atomic E-state index is 13.1. The number of benzene rings is 4. The van der Waals surface area contributed by atoms with Crippen LogP contribution in [0, 0.1) is 0 Å². The van der Waals surface area contributed by atoms with Gasteiger partial charge in [0.15, 0.2) is 0 Å². The average molecular weight is 864 g/mol. The number of nitrogens with one attached hydrogen (secondary N) is 5. The molecule has 0 radical (unpaired) electrons. The number of ether oxygens (including phenoxy) is 1. The summed E-state index contributed by atoms with van der Waals surface area (Å²) in [6, 6.07) is 46.5. The second-order valence-corrected chi connectivity index (χ2v) is 14.9. The van der Waals surface area contributed by atoms with Crippen LogP contribution < -0.4 is 31.3 Å². The van der Waals surface area contributed by atoms with Gasteiger partial charge in [-0.25, -0.2) is 9.97 Å². The zero-order valence-electron chi connectivity index (χ0n) is 34.9. The first-order chi connectivity index (χ1) is 32.5. The normalized spacial score (nSPS) is 10.8. The summed E-state index contributed by atoms with van der Waals surface area (Å²) >= 11 is 0. The molecule has 5 N–H and O–H groups in total. The first kappa shape index (κ1) is 40.5. The molecule has 0 atom stereocenters. The quantitative estimate of drug-likeness (QED) is 0.0741. The molecule has 2 amide bonds. The summed E-state index contributed by atoms with van der Waals surface area (Å²) < 4.78 is 6.14. The molecule has 0 saturated carbocycles. The van der Waals surface area contributed by atoms with Crippen molar-refractivity contribution in [2.24, 2.45) is 0 Å². The number of pyridine rings is 6. The number of aromatic nitrogens is 6. The number of para-hydroxylation sites is 1. The molecule has 66 heavy (non-hydrogen) atoms. The summed E-state index contributed by atoms with van der Waals surface area (Å²) in [5, 5.41) is 17.7. The number of nitrogens with zero attached hydrogens (tertiary/aromatic N) is 6. The molecule has 0 unspecified atom stereocenters. The van der Waals surface area contributed by atoms with Crippen LogP contribution in [0.3, 0.4) is 0 Å². The first-order valence-corrected chi connectivity index (χ1v) is 20.8. The van der Waals surface area contributed by atoms with Gasteiger partial charge in [-0.2, -0.15) is 0 Å². The van der Waals surface area contributed by atoms with Crippen LogP contribution in [-0.4, -0.2) is 41.7 Å². The van der Waals surface area contributed by atoms with Crippen LogP contribution >= 0.6 is 0 Å². The highest BCUT2D eigenvalue weighted by Crippen LogP contribution is 2.32. The van der Waals surface area contributed by atoms with Crippen LogP contribution in [0.1, 0.15) is 20.7 Å². The summed E-state index contributed by atoms with van der Waals surface area (Å²) in [7, 11) is 0. The number of carbonyl (C=O) groups excluding carboxylic acids is 2. The van der Waals surface area contributed by atoms with Crippen molar-refractivity contribution in [1.82, 2.24) is 29.9 Å². The molecule has 0 aliphatic heterocycles. The van der Waals surface area contributed by atoms with Crippen molar-refractivity contribution in [1.29, 1.82) is 0 Å². The highest BCUT2D eigenvalue weighted by atomic mass is 16.5. The van der Waals surface area contributed by atoms with Gasteiger partial charge in [0.1, 0.15) is 23.1 Å². The van der Waals surface area contributed by atoms with Crippen molar-refractivity contribution < 1.29 is 14.3 Å². The van der Waals surface area contributed by atoms with Crippen LogP contribution in [0.15, 0.2) is 195 Å². The van der Waals surface area contributed by atoms with Gasteiger partial charge in [0, 0.05) is 93.0 Å². The van der Waals surface area contributed by atoms with Gasteiger partial charge in [0.25, 0.3) is 11.8 Å². The van der Waals surface area contributed by atoms with Crippen LogP contribution in [-0.2, 0) is 0 Å². The van der Waals surface area contributed by atoms with E-state index < -0.39 is 0 Å². The van der Waals surface area contributed by atoms with Gasteiger partial charge in [-0.05, 0) is 115 Å². The molecule has 0 aliphatic rings. The summed E-state index contributed by atoms with van der Waals surface area (Å²) in [6.07, 6.45) is 11.8. The van der Waals surface area contributed by atoms with Crippen LogP contribution in [0.2, 0.25) is 0 Å². The maximum atomic E-state index is 13.1. The second kappa shape index (κ2) is 18.4. The molecule has 0 aliphatic carbocycles. The van der Waals surface area contributed by atoms with E-state index in [-0.39, 0.29) is 11.8 Å². The van der Waals surface area contributed by atoms with Crippen molar-refractivity contribution >= 4 is 79.4 Å². The van der Waals surface area contributed by atoms with E-state index in [0.717, 1.165) is 61.5 Å². The standard InChI is InChI=1S/C52H37N11O3/c64-51(62-49-17-14-39(31-57-49)59-38-19-24-53-25-20-38)33-7-12-37(13-8-33)61-46-23-28-56-48-29-35(9-16-43(46)48)47-30-40(21-26-55-47)66-41-15-18-50(58-32-41)63-52(65)34-5-10-36(11-6-34)60-45-22-27-54-44-4-2-1-3-42(44)45/h1-32H,(H,53,59)(H,54,60)(H,56,61)(H,57,62,64)(H,58,63,65). The van der Waals surface area contributed by atoms with E-state index in [9.17, 15) is 9.59 Å². The van der Waals surface area contributed by atoms with Crippen molar-refractivity contribution in [3.05, 3.63) is 206 Å². The van der Waals surface area contributed by atoms with Crippen molar-refractivity contribution in [2.75, 3.05) is 26.6 Å². The molecule has 4 aromatic carbocycles. The average Bonchev–Trinajstić information content (AvgIpc) is 3.36. The largest absolute Gasteiger partial charge is 0.456 e. The molecule has 14 heteroatoms. The van der Waals surface area contributed by atoms with E-state index in [2.05, 4.69) is 56.5 Å². The number of carbonyl (C=O) groups is 2. The first-order valence-electron chi connectivity index (χ1n) is 20.8. The smallest absolute Gasteiger partial charge is 0.256 e. The second-order valence-electron chi connectivity index (χ2n) is 14.9. The van der Waals surface area contributed by atoms with Gasteiger partial charge in [-0.15, -0.1) is 0 Å². The Morgan fingerprint density at radius 3 is 1.67 bits per heavy atom. The number of fused-ring (bicyclic) bond motifs is 2. The third kappa shape index (κ3) is 9.42. The van der Waals surface area contributed by atoms with Crippen LogP contribution in [0.5, 0.6) is 11.5 Å². The molecular formula is C52H37N11O3. The highest BCUT2D eigenvalue weighted by molar-refractivity contribution is 6.05. The summed E-state index contributed by atoms with van der Waals surface area (Å²) in [4.78, 5) is 52.5. The molecule has 10 rings (SSSR count). The lowest BCUT2D eigenvalue weighted by Crippen LogP contribution is -2.12. The molecule has 14 nitrogen and oxygen atoms in total. The maximum Gasteiger partial charge on any atom is 0.256 e. The van der Waals surface area contributed by atoms with Gasteiger partial charge in [-0.3, -0.25) is 29.5 Å². The Hall–Kier alpha value is -9.56. The minimum absolute atomic E-state index is 0.270. The number of anilines is 8. The van der Waals surface area contributed by atoms with Gasteiger partial charge in [-0.1, -0.05) is 30.3 Å². The topological polar surface area (TPSA) is 181 Å². The molecule has 0 saturated heterocycles. The van der Waals surface area contributed by atoms with Crippen molar-refractivity contribution in [2.45, 2.75) is 0 Å². The van der Waals surface area contributed by atoms with Gasteiger partial charge >= 0.3 is 0 Å². The predicted octanol–water partition coefficient (Wildman–Crippen LogP) is 11.6. The third-order valence-corrected chi connectivity index (χ3v) is 10.5. The lowest BCUT2D eigenvalue weighted by molar-refractivity contribution is 0.101. The molecule has 6 aromatic heterocycles. The van der Waals surface area contributed by atoms with E-state index >= 15 is 0 Å². The Balaban J connectivity index is 0.739. The van der Waals surface area contributed by atoms with Crippen molar-refractivity contribution in [3.8, 4) is 22.8 Å². The molecule has 0 bridgehead atoms. The van der Waals surface area contributed by atoms with Gasteiger partial charge in [0.2, 0.25) is 0 Å². The van der Waals surface area contributed by atoms with E-state index in [1.54, 1.807) is 91.9 Å². The summed E-state index contributed by atoms with van der Waals surface area (Å²) in [5.41, 5.74) is 9.31. The Labute approximate surface area is 377 Å². The predicted molar refractivity (Wildman–Crippen MR) is 258 cm³/mol. The van der Waals surface area contributed by atoms with Gasteiger partial charge < -0.3 is 31.3 Å². The van der Waals surface area contributed by atoms with Crippen molar-refractivity contribution in [3.63, 3.8) is 0 Å². The Bertz CT molecular complexity index is 3330. The Morgan fingerprint density at radius 2 is 1.02 bits per heavy atom. The van der Waals surface area contributed by atoms with E-state index in [1.807, 2.05) is 103 Å². The lowest BCUT2D eigenvalue weighted by atomic mass is 10.1. The molecule has 318 valence electrons. The lowest BCUT2D eigenvalue weighted by Gasteiger charge is -2.12. The SMILES string of the molecule is O=C(Nc1ccc(Nc2ccncc2)cn1)c1ccc(Nc2ccnc3cc(-c4cc(Oc5ccc(NC(=O)c6ccc(Nc7ccnc8ccccc78)cc6)nc5)ccn4)ccc23)cc1. The van der Waals surface area contributed by atoms with E-state index in [4.69, 9.17) is 4.74 Å². The zero-order valence-corrected chi connectivity index (χ0v) is 34.9. The number of hydrogen-bond donors (Lipinski definition) is 5. The third-order valence-electron chi connectivity index (χ3n) is 10.5. The van der Waals surface area contributed by atoms with Crippen LogP contribution in [0.25, 0.3) is 33.1 Å². The van der Waals surface area contributed by atoms with Crippen LogP contribution in [0.4, 0.5) is 45.8 Å². The fraction of sp³-hybridized carbons (Fsp3) is 0. The zero-order chi connectivity index (χ0) is 44.7. The summed E-state index contributed by atoms with van der Waals surface area (Å²) in [5.74, 6) is 1.33.